The summed E-state index contributed by atoms with van der Waals surface area (Å²) < 4.78 is 5.23. The molecule has 1 N–H and O–H groups in total. The number of furan rings is 1. The minimum absolute atomic E-state index is 0.107. The molecule has 2 saturated heterocycles. The Morgan fingerprint density at radius 2 is 1.69 bits per heavy atom. The third-order valence-electron chi connectivity index (χ3n) is 6.99. The van der Waals surface area contributed by atoms with Crippen molar-refractivity contribution in [1.29, 1.82) is 0 Å². The summed E-state index contributed by atoms with van der Waals surface area (Å²) in [7, 11) is 0. The van der Waals surface area contributed by atoms with Gasteiger partial charge in [0.15, 0.2) is 5.76 Å². The molecule has 1 amide bonds. The number of carbonyl (C=O) groups excluding carboxylic acids is 1. The molecule has 0 unspecified atom stereocenters. The molecule has 2 aliphatic heterocycles. The van der Waals surface area contributed by atoms with Gasteiger partial charge in [-0.15, -0.1) is 0 Å². The fraction of sp³-hybridized carbons (Fsp3) is 0.423. The van der Waals surface area contributed by atoms with E-state index in [0.29, 0.717) is 44.4 Å². The lowest BCUT2D eigenvalue weighted by Gasteiger charge is -2.36. The highest BCUT2D eigenvalue weighted by atomic mass is 16.3. The zero-order valence-corrected chi connectivity index (χ0v) is 20.4. The fourth-order valence-electron chi connectivity index (χ4n) is 4.72. The van der Waals surface area contributed by atoms with Crippen molar-refractivity contribution in [3.05, 3.63) is 75.6 Å². The van der Waals surface area contributed by atoms with Gasteiger partial charge in [0.05, 0.1) is 12.0 Å². The highest BCUT2D eigenvalue weighted by molar-refractivity contribution is 5.91. The molecule has 0 aliphatic carbocycles. The molecule has 0 radical (unpaired) electrons. The molecule has 0 atom stereocenters. The van der Waals surface area contributed by atoms with Crippen molar-refractivity contribution < 1.29 is 9.21 Å². The number of hydrogen-bond acceptors (Lipinski definition) is 7. The van der Waals surface area contributed by atoms with Crippen molar-refractivity contribution in [1.82, 2.24) is 19.8 Å². The summed E-state index contributed by atoms with van der Waals surface area (Å²) in [6.07, 6.45) is 1.51. The first-order valence-corrected chi connectivity index (χ1v) is 12.2. The molecule has 0 saturated carbocycles. The third-order valence-corrected chi connectivity index (χ3v) is 6.99. The second kappa shape index (κ2) is 9.95. The molecule has 35 heavy (non-hydrogen) atoms. The van der Waals surface area contributed by atoms with Crippen LogP contribution in [0.4, 0.5) is 11.6 Å². The lowest BCUT2D eigenvalue weighted by molar-refractivity contribution is 0.0714. The van der Waals surface area contributed by atoms with Crippen LogP contribution in [0, 0.1) is 13.8 Å². The molecule has 2 aromatic heterocycles. The minimum atomic E-state index is -0.146. The topological polar surface area (TPSA) is 88.9 Å². The Hall–Kier alpha value is -3.59. The highest BCUT2D eigenvalue weighted by Gasteiger charge is 2.25. The minimum Gasteiger partial charge on any atom is -0.459 e. The molecule has 0 bridgehead atoms. The molecule has 184 valence electrons. The molecule has 2 aliphatic rings. The summed E-state index contributed by atoms with van der Waals surface area (Å²) in [5.74, 6) is 0.820. The van der Waals surface area contributed by atoms with Gasteiger partial charge in [-0.1, -0.05) is 6.07 Å². The van der Waals surface area contributed by atoms with Crippen molar-refractivity contribution in [3.63, 3.8) is 0 Å². The maximum atomic E-state index is 12.5. The molecule has 3 aromatic rings. The number of piperazine rings is 2. The number of nitrogens with one attached hydrogen (secondary N) is 1. The zero-order valence-electron chi connectivity index (χ0n) is 20.4. The number of aryl methyl sites for hydroxylation is 2. The molecular formula is C26H32N6O3. The van der Waals surface area contributed by atoms with Crippen molar-refractivity contribution in [2.45, 2.75) is 20.4 Å². The summed E-state index contributed by atoms with van der Waals surface area (Å²) in [5.41, 5.74) is 4.53. The third kappa shape index (κ3) is 5.24. The molecule has 1 aromatic carbocycles. The number of nitrogens with zero attached hydrogens (tertiary/aromatic N) is 5. The van der Waals surface area contributed by atoms with Crippen molar-refractivity contribution >= 4 is 17.5 Å². The van der Waals surface area contributed by atoms with Gasteiger partial charge in [0.1, 0.15) is 0 Å². The first kappa shape index (κ1) is 23.2. The quantitative estimate of drug-likeness (QED) is 0.604. The Kier molecular flexibility index (Phi) is 6.59. The molecule has 4 heterocycles. The lowest BCUT2D eigenvalue weighted by atomic mass is 10.1. The normalized spacial score (nSPS) is 17.1. The first-order chi connectivity index (χ1) is 17.0. The van der Waals surface area contributed by atoms with E-state index in [1.807, 2.05) is 4.90 Å². The fourth-order valence-corrected chi connectivity index (χ4v) is 4.72. The molecular weight excluding hydrogens is 444 g/mol. The summed E-state index contributed by atoms with van der Waals surface area (Å²) in [6.45, 7) is 11.0. The average Bonchev–Trinajstić information content (AvgIpc) is 3.41. The van der Waals surface area contributed by atoms with Gasteiger partial charge >= 0.3 is 0 Å². The summed E-state index contributed by atoms with van der Waals surface area (Å²) in [4.78, 5) is 41.1. The maximum Gasteiger partial charge on any atom is 0.289 e. The van der Waals surface area contributed by atoms with Gasteiger partial charge in [-0.2, -0.15) is 0 Å². The Morgan fingerprint density at radius 1 is 0.943 bits per heavy atom. The van der Waals surface area contributed by atoms with E-state index in [4.69, 9.17) is 9.40 Å². The van der Waals surface area contributed by atoms with Crippen LogP contribution in [0.5, 0.6) is 0 Å². The number of H-pyrrole nitrogens is 1. The Balaban J connectivity index is 1.18. The van der Waals surface area contributed by atoms with E-state index in [2.05, 4.69) is 46.8 Å². The second-order valence-electron chi connectivity index (χ2n) is 9.35. The molecule has 0 spiro atoms. The number of rotatable bonds is 5. The number of benzene rings is 1. The second-order valence-corrected chi connectivity index (χ2v) is 9.35. The van der Waals surface area contributed by atoms with Crippen molar-refractivity contribution in [2.24, 2.45) is 0 Å². The number of amides is 1. The van der Waals surface area contributed by atoms with Gasteiger partial charge < -0.3 is 19.1 Å². The van der Waals surface area contributed by atoms with Crippen LogP contribution in [0.25, 0.3) is 0 Å². The van der Waals surface area contributed by atoms with Crippen LogP contribution in [-0.4, -0.2) is 78.0 Å². The number of anilines is 2. The van der Waals surface area contributed by atoms with Gasteiger partial charge in [0.25, 0.3) is 11.5 Å². The van der Waals surface area contributed by atoms with Crippen molar-refractivity contribution in [2.75, 3.05) is 62.2 Å². The summed E-state index contributed by atoms with van der Waals surface area (Å²) in [6, 6.07) is 11.6. The van der Waals surface area contributed by atoms with E-state index in [-0.39, 0.29) is 11.5 Å². The van der Waals surface area contributed by atoms with Crippen LogP contribution in [-0.2, 0) is 6.54 Å². The summed E-state index contributed by atoms with van der Waals surface area (Å²) in [5, 5.41) is 0. The van der Waals surface area contributed by atoms with E-state index in [9.17, 15) is 9.59 Å². The van der Waals surface area contributed by atoms with Crippen LogP contribution in [0.2, 0.25) is 0 Å². The largest absolute Gasteiger partial charge is 0.459 e. The van der Waals surface area contributed by atoms with Crippen LogP contribution in [0.3, 0.4) is 0 Å². The van der Waals surface area contributed by atoms with Gasteiger partial charge in [-0.3, -0.25) is 19.5 Å². The van der Waals surface area contributed by atoms with E-state index >= 15 is 0 Å². The van der Waals surface area contributed by atoms with Crippen LogP contribution >= 0.6 is 0 Å². The Morgan fingerprint density at radius 3 is 2.37 bits per heavy atom. The van der Waals surface area contributed by atoms with E-state index < -0.39 is 0 Å². The average molecular weight is 477 g/mol. The Labute approximate surface area is 205 Å². The summed E-state index contributed by atoms with van der Waals surface area (Å²) >= 11 is 0. The maximum absolute atomic E-state index is 12.5. The van der Waals surface area contributed by atoms with E-state index in [1.54, 1.807) is 23.1 Å². The predicted octanol–water partition coefficient (Wildman–Crippen LogP) is 2.26. The lowest BCUT2D eigenvalue weighted by Crippen LogP contribution is -2.49. The number of aromatic amines is 1. The van der Waals surface area contributed by atoms with E-state index in [0.717, 1.165) is 31.9 Å². The van der Waals surface area contributed by atoms with Gasteiger partial charge in [-0.05, 0) is 49.2 Å². The Bertz CT molecular complexity index is 1220. The van der Waals surface area contributed by atoms with Gasteiger partial charge in [0.2, 0.25) is 5.95 Å². The first-order valence-electron chi connectivity index (χ1n) is 12.2. The van der Waals surface area contributed by atoms with Crippen LogP contribution in [0.1, 0.15) is 27.4 Å². The standard InChI is InChI=1S/C26H32N6O3/c1-19-5-6-22(16-20(19)2)30-9-7-29(8-10-30)18-21-17-24(33)28-26(27-21)32-13-11-31(12-14-32)25(34)23-4-3-15-35-23/h3-6,15-17H,7-14,18H2,1-2H3,(H,27,28,33). The highest BCUT2D eigenvalue weighted by Crippen LogP contribution is 2.21. The molecule has 9 nitrogen and oxygen atoms in total. The van der Waals surface area contributed by atoms with Gasteiger partial charge in [-0.25, -0.2) is 4.98 Å². The van der Waals surface area contributed by atoms with Crippen molar-refractivity contribution in [3.8, 4) is 0 Å². The zero-order chi connectivity index (χ0) is 24.4. The van der Waals surface area contributed by atoms with Crippen LogP contribution in [0.15, 0.2) is 51.9 Å². The van der Waals surface area contributed by atoms with Gasteiger partial charge in [0, 0.05) is 70.7 Å². The molecule has 9 heteroatoms. The molecule has 5 rings (SSSR count). The van der Waals surface area contributed by atoms with Crippen LogP contribution < -0.4 is 15.4 Å². The smallest absolute Gasteiger partial charge is 0.289 e. The molecule has 2 fully saturated rings. The predicted molar refractivity (Wildman–Crippen MR) is 135 cm³/mol. The number of carbonyl (C=O) groups is 1. The number of aromatic nitrogens is 2. The monoisotopic (exact) mass is 476 g/mol. The number of hydrogen-bond donors (Lipinski definition) is 1. The SMILES string of the molecule is Cc1ccc(N2CCN(Cc3cc(=O)[nH]c(N4CCN(C(=O)c5ccco5)CC4)n3)CC2)cc1C. The van der Waals surface area contributed by atoms with E-state index in [1.165, 1.54) is 23.1 Å².